The Morgan fingerprint density at radius 3 is 2.46 bits per heavy atom. The van der Waals surface area contributed by atoms with Gasteiger partial charge in [-0.1, -0.05) is 20.8 Å². The minimum atomic E-state index is -0.391. The zero-order chi connectivity index (χ0) is 10.1. The first-order chi connectivity index (χ1) is 5.95. The van der Waals surface area contributed by atoms with Crippen molar-refractivity contribution in [1.29, 1.82) is 0 Å². The van der Waals surface area contributed by atoms with Crippen LogP contribution >= 0.6 is 11.3 Å². The molecule has 1 heterocycles. The highest BCUT2D eigenvalue weighted by molar-refractivity contribution is 7.12. The van der Waals surface area contributed by atoms with Crippen LogP contribution in [0.4, 0.5) is 0 Å². The summed E-state index contributed by atoms with van der Waals surface area (Å²) in [5.74, 6) is 0. The van der Waals surface area contributed by atoms with Crippen LogP contribution in [0.25, 0.3) is 0 Å². The molecule has 0 bridgehead atoms. The quantitative estimate of drug-likeness (QED) is 0.767. The standard InChI is InChI=1S/C10H17NOS/c1-10(2,3)9(12)8-5-4-7(6-11)13-8/h4-5,9,12H,6,11H2,1-3H3/t9-/m0/s1. The minimum absolute atomic E-state index is 0.100. The van der Waals surface area contributed by atoms with Crippen molar-refractivity contribution in [2.75, 3.05) is 0 Å². The third kappa shape index (κ3) is 2.53. The number of hydrogen-bond donors (Lipinski definition) is 2. The van der Waals surface area contributed by atoms with E-state index in [-0.39, 0.29) is 5.41 Å². The van der Waals surface area contributed by atoms with E-state index in [0.29, 0.717) is 6.54 Å². The van der Waals surface area contributed by atoms with Gasteiger partial charge < -0.3 is 10.8 Å². The molecule has 1 atom stereocenters. The van der Waals surface area contributed by atoms with E-state index in [4.69, 9.17) is 5.73 Å². The van der Waals surface area contributed by atoms with E-state index in [2.05, 4.69) is 0 Å². The molecular formula is C10H17NOS. The third-order valence-corrected chi connectivity index (χ3v) is 3.13. The molecule has 1 rings (SSSR count). The van der Waals surface area contributed by atoms with Gasteiger partial charge in [0.25, 0.3) is 0 Å². The van der Waals surface area contributed by atoms with Gasteiger partial charge in [-0.15, -0.1) is 11.3 Å². The molecule has 3 N–H and O–H groups in total. The fraction of sp³-hybridized carbons (Fsp3) is 0.600. The van der Waals surface area contributed by atoms with Gasteiger partial charge in [-0.25, -0.2) is 0 Å². The average Bonchev–Trinajstić information content (AvgIpc) is 2.48. The lowest BCUT2D eigenvalue weighted by atomic mass is 9.88. The van der Waals surface area contributed by atoms with Crippen molar-refractivity contribution < 1.29 is 5.11 Å². The Morgan fingerprint density at radius 2 is 2.08 bits per heavy atom. The number of aliphatic hydroxyl groups is 1. The molecule has 0 saturated carbocycles. The maximum absolute atomic E-state index is 9.94. The smallest absolute Gasteiger partial charge is 0.0930 e. The van der Waals surface area contributed by atoms with Gasteiger partial charge in [0.1, 0.15) is 0 Å². The molecule has 0 saturated heterocycles. The first-order valence-electron chi connectivity index (χ1n) is 4.42. The molecule has 1 aromatic heterocycles. The van der Waals surface area contributed by atoms with Crippen molar-refractivity contribution >= 4 is 11.3 Å². The Balaban J connectivity index is 2.83. The molecule has 0 fully saturated rings. The van der Waals surface area contributed by atoms with Crippen molar-refractivity contribution in [2.45, 2.75) is 33.4 Å². The summed E-state index contributed by atoms with van der Waals surface area (Å²) < 4.78 is 0. The zero-order valence-electron chi connectivity index (χ0n) is 8.37. The summed E-state index contributed by atoms with van der Waals surface area (Å²) in [4.78, 5) is 2.13. The Labute approximate surface area is 83.4 Å². The first-order valence-corrected chi connectivity index (χ1v) is 5.23. The molecule has 3 heteroatoms. The van der Waals surface area contributed by atoms with Gasteiger partial charge >= 0.3 is 0 Å². The molecule has 13 heavy (non-hydrogen) atoms. The van der Waals surface area contributed by atoms with Crippen molar-refractivity contribution in [1.82, 2.24) is 0 Å². The van der Waals surface area contributed by atoms with Crippen molar-refractivity contribution in [3.05, 3.63) is 21.9 Å². The van der Waals surface area contributed by atoms with Crippen LogP contribution in [0.15, 0.2) is 12.1 Å². The number of aliphatic hydroxyl groups excluding tert-OH is 1. The molecule has 0 spiro atoms. The molecule has 0 aliphatic heterocycles. The number of rotatable bonds is 2. The lowest BCUT2D eigenvalue weighted by Crippen LogP contribution is -2.16. The van der Waals surface area contributed by atoms with Crippen LogP contribution in [0.3, 0.4) is 0 Å². The van der Waals surface area contributed by atoms with Gasteiger partial charge in [0.2, 0.25) is 0 Å². The summed E-state index contributed by atoms with van der Waals surface area (Å²) in [6.45, 7) is 6.64. The number of nitrogens with two attached hydrogens (primary N) is 1. The van der Waals surface area contributed by atoms with E-state index in [1.807, 2.05) is 32.9 Å². The van der Waals surface area contributed by atoms with Crippen LogP contribution in [0, 0.1) is 5.41 Å². The molecule has 0 aromatic carbocycles. The maximum Gasteiger partial charge on any atom is 0.0930 e. The molecule has 0 aliphatic carbocycles. The third-order valence-electron chi connectivity index (χ3n) is 1.97. The Hall–Kier alpha value is -0.380. The second kappa shape index (κ2) is 3.78. The van der Waals surface area contributed by atoms with Crippen LogP contribution in [-0.4, -0.2) is 5.11 Å². The van der Waals surface area contributed by atoms with Crippen molar-refractivity contribution in [3.63, 3.8) is 0 Å². The van der Waals surface area contributed by atoms with Gasteiger partial charge in [-0.3, -0.25) is 0 Å². The fourth-order valence-electron chi connectivity index (χ4n) is 1.08. The molecule has 2 nitrogen and oxygen atoms in total. The van der Waals surface area contributed by atoms with Crippen LogP contribution in [-0.2, 0) is 6.54 Å². The topological polar surface area (TPSA) is 46.2 Å². The summed E-state index contributed by atoms with van der Waals surface area (Å²) in [6.07, 6.45) is -0.391. The monoisotopic (exact) mass is 199 g/mol. The predicted octanol–water partition coefficient (Wildman–Crippen LogP) is 2.29. The minimum Gasteiger partial charge on any atom is -0.387 e. The van der Waals surface area contributed by atoms with E-state index in [0.717, 1.165) is 9.75 Å². The van der Waals surface area contributed by atoms with Gasteiger partial charge in [0.15, 0.2) is 0 Å². The van der Waals surface area contributed by atoms with Crippen LogP contribution in [0.2, 0.25) is 0 Å². The largest absolute Gasteiger partial charge is 0.387 e. The van der Waals surface area contributed by atoms with Crippen molar-refractivity contribution in [2.24, 2.45) is 11.1 Å². The lowest BCUT2D eigenvalue weighted by molar-refractivity contribution is 0.0658. The normalized spacial score (nSPS) is 14.5. The Bertz CT molecular complexity index is 275. The summed E-state index contributed by atoms with van der Waals surface area (Å²) in [5, 5.41) is 9.94. The zero-order valence-corrected chi connectivity index (χ0v) is 9.19. The maximum atomic E-state index is 9.94. The first kappa shape index (κ1) is 10.7. The summed E-state index contributed by atoms with van der Waals surface area (Å²) in [6, 6.07) is 3.94. The van der Waals surface area contributed by atoms with Gasteiger partial charge in [-0.05, 0) is 17.5 Å². The highest BCUT2D eigenvalue weighted by atomic mass is 32.1. The van der Waals surface area contributed by atoms with Crippen LogP contribution < -0.4 is 5.73 Å². The average molecular weight is 199 g/mol. The highest BCUT2D eigenvalue weighted by Crippen LogP contribution is 2.35. The Morgan fingerprint density at radius 1 is 1.46 bits per heavy atom. The van der Waals surface area contributed by atoms with Crippen LogP contribution in [0.5, 0.6) is 0 Å². The van der Waals surface area contributed by atoms with Gasteiger partial charge in [-0.2, -0.15) is 0 Å². The molecule has 1 aromatic rings. The van der Waals surface area contributed by atoms with Gasteiger partial charge in [0, 0.05) is 16.3 Å². The van der Waals surface area contributed by atoms with Gasteiger partial charge in [0.05, 0.1) is 6.10 Å². The second-order valence-corrected chi connectivity index (χ2v) is 5.48. The fourth-order valence-corrected chi connectivity index (χ4v) is 2.20. The molecular weight excluding hydrogens is 182 g/mol. The molecule has 0 amide bonds. The molecule has 0 radical (unpaired) electrons. The van der Waals surface area contributed by atoms with E-state index in [9.17, 15) is 5.11 Å². The van der Waals surface area contributed by atoms with E-state index in [1.165, 1.54) is 0 Å². The number of thiophene rings is 1. The lowest BCUT2D eigenvalue weighted by Gasteiger charge is -2.24. The summed E-state index contributed by atoms with van der Waals surface area (Å²) >= 11 is 1.59. The van der Waals surface area contributed by atoms with Crippen molar-refractivity contribution in [3.8, 4) is 0 Å². The molecule has 0 unspecified atom stereocenters. The Kier molecular flexibility index (Phi) is 3.11. The highest BCUT2D eigenvalue weighted by Gasteiger charge is 2.24. The van der Waals surface area contributed by atoms with Crippen LogP contribution in [0.1, 0.15) is 36.6 Å². The SMILES string of the molecule is CC(C)(C)[C@@H](O)c1ccc(CN)s1. The van der Waals surface area contributed by atoms with E-state index >= 15 is 0 Å². The second-order valence-electron chi connectivity index (χ2n) is 4.28. The molecule has 74 valence electrons. The van der Waals surface area contributed by atoms with E-state index in [1.54, 1.807) is 11.3 Å². The predicted molar refractivity (Wildman–Crippen MR) is 56.6 cm³/mol. The molecule has 0 aliphatic rings. The van der Waals surface area contributed by atoms with E-state index < -0.39 is 6.10 Å². The summed E-state index contributed by atoms with van der Waals surface area (Å²) in [7, 11) is 0. The summed E-state index contributed by atoms with van der Waals surface area (Å²) in [5.41, 5.74) is 5.40. The number of hydrogen-bond acceptors (Lipinski definition) is 3.